The van der Waals surface area contributed by atoms with Crippen LogP contribution in [0.2, 0.25) is 0 Å². The molecular weight excluding hydrogens is 458 g/mol. The Kier molecular flexibility index (Phi) is 7.62. The number of carboxylic acid groups (broad SMARTS) is 1. The number of hydrogen-bond donors (Lipinski definition) is 2. The molecule has 6 heteroatoms. The fraction of sp³-hybridized carbons (Fsp3) is 0.120. The maximum Gasteiger partial charge on any atom is 0.352 e. The number of nitrogens with one attached hydrogen (secondary N) is 1. The molecule has 0 bridgehead atoms. The van der Waals surface area contributed by atoms with Gasteiger partial charge in [-0.2, -0.15) is 0 Å². The lowest BCUT2D eigenvalue weighted by Gasteiger charge is -2.09. The van der Waals surface area contributed by atoms with Crippen molar-refractivity contribution in [3.8, 4) is 11.5 Å². The van der Waals surface area contributed by atoms with Crippen LogP contribution in [0.3, 0.4) is 0 Å². The number of carbonyl (C=O) groups excluding carboxylic acids is 1. The van der Waals surface area contributed by atoms with Gasteiger partial charge in [-0.15, -0.1) is 0 Å². The maximum atomic E-state index is 12.5. The van der Waals surface area contributed by atoms with Crippen molar-refractivity contribution in [3.63, 3.8) is 0 Å². The predicted octanol–water partition coefficient (Wildman–Crippen LogP) is 6.05. The van der Waals surface area contributed by atoms with Crippen molar-refractivity contribution in [2.75, 3.05) is 0 Å². The zero-order valence-corrected chi connectivity index (χ0v) is 18.6. The molecule has 0 fully saturated rings. The molecular formula is C25H22BrNO4. The number of para-hydroxylation sites is 1. The molecule has 0 aliphatic rings. The molecule has 0 unspecified atom stereocenters. The molecule has 3 rings (SSSR count). The smallest absolute Gasteiger partial charge is 0.352 e. The summed E-state index contributed by atoms with van der Waals surface area (Å²) in [6, 6.07) is 21.6. The maximum absolute atomic E-state index is 12.5. The van der Waals surface area contributed by atoms with Crippen LogP contribution < -0.4 is 10.1 Å². The van der Waals surface area contributed by atoms with Gasteiger partial charge in [-0.25, -0.2) is 4.79 Å². The van der Waals surface area contributed by atoms with Gasteiger partial charge in [0.15, 0.2) is 0 Å². The van der Waals surface area contributed by atoms with E-state index in [1.54, 1.807) is 36.4 Å². The Labute approximate surface area is 189 Å². The number of carboxylic acids is 1. The molecule has 0 radical (unpaired) electrons. The second-order valence-electron chi connectivity index (χ2n) is 6.87. The fourth-order valence-electron chi connectivity index (χ4n) is 2.91. The van der Waals surface area contributed by atoms with E-state index in [4.69, 9.17) is 4.74 Å². The average Bonchev–Trinajstić information content (AvgIpc) is 2.76. The van der Waals surface area contributed by atoms with Crippen LogP contribution in [0.15, 0.2) is 83.0 Å². The van der Waals surface area contributed by atoms with Crippen molar-refractivity contribution in [1.82, 2.24) is 5.32 Å². The van der Waals surface area contributed by atoms with E-state index in [0.717, 1.165) is 22.9 Å². The van der Waals surface area contributed by atoms with Gasteiger partial charge in [-0.1, -0.05) is 49.7 Å². The fourth-order valence-corrected chi connectivity index (χ4v) is 3.28. The number of aliphatic carboxylic acids is 1. The number of carbonyl (C=O) groups is 2. The molecule has 1 amide bonds. The molecule has 0 aliphatic carbocycles. The second kappa shape index (κ2) is 10.6. The van der Waals surface area contributed by atoms with Crippen molar-refractivity contribution in [1.29, 1.82) is 0 Å². The summed E-state index contributed by atoms with van der Waals surface area (Å²) in [7, 11) is 0. The van der Waals surface area contributed by atoms with Gasteiger partial charge in [0.1, 0.15) is 17.2 Å². The van der Waals surface area contributed by atoms with Crippen LogP contribution in [0.25, 0.3) is 6.08 Å². The van der Waals surface area contributed by atoms with Gasteiger partial charge in [0.2, 0.25) is 0 Å². The van der Waals surface area contributed by atoms with Crippen LogP contribution in [0, 0.1) is 0 Å². The molecule has 5 nitrogen and oxygen atoms in total. The molecule has 0 aliphatic heterocycles. The number of amides is 1. The zero-order chi connectivity index (χ0) is 22.2. The Morgan fingerprint density at radius 1 is 1.00 bits per heavy atom. The van der Waals surface area contributed by atoms with Gasteiger partial charge >= 0.3 is 5.97 Å². The van der Waals surface area contributed by atoms with Gasteiger partial charge in [-0.05, 0) is 76.0 Å². The highest BCUT2D eigenvalue weighted by Gasteiger charge is 2.13. The van der Waals surface area contributed by atoms with Crippen LogP contribution in [0.5, 0.6) is 11.5 Å². The Bertz CT molecular complexity index is 1090. The first-order valence-electron chi connectivity index (χ1n) is 9.84. The van der Waals surface area contributed by atoms with E-state index in [1.807, 2.05) is 36.4 Å². The number of halogens is 1. The van der Waals surface area contributed by atoms with E-state index < -0.39 is 11.9 Å². The third-order valence-electron chi connectivity index (χ3n) is 4.49. The molecule has 158 valence electrons. The molecule has 0 aromatic heterocycles. The first kappa shape index (κ1) is 22.3. The normalized spacial score (nSPS) is 11.1. The SMILES string of the molecule is CCCc1ccc(C(=O)NC(=Cc2ccc(Oc3ccccc3Br)cc2)C(=O)O)cc1. The van der Waals surface area contributed by atoms with Crippen molar-refractivity contribution in [3.05, 3.63) is 99.7 Å². The summed E-state index contributed by atoms with van der Waals surface area (Å²) in [5.41, 5.74) is 1.96. The largest absolute Gasteiger partial charge is 0.477 e. The average molecular weight is 480 g/mol. The topological polar surface area (TPSA) is 75.6 Å². The van der Waals surface area contributed by atoms with E-state index in [2.05, 4.69) is 28.2 Å². The van der Waals surface area contributed by atoms with Crippen LogP contribution in [0.4, 0.5) is 0 Å². The summed E-state index contributed by atoms with van der Waals surface area (Å²) in [5, 5.41) is 12.0. The first-order valence-corrected chi connectivity index (χ1v) is 10.6. The zero-order valence-electron chi connectivity index (χ0n) is 17.0. The first-order chi connectivity index (χ1) is 15.0. The number of benzene rings is 3. The third-order valence-corrected chi connectivity index (χ3v) is 5.14. The standard InChI is InChI=1S/C25H22BrNO4/c1-2-5-17-8-12-19(13-9-17)24(28)27-22(25(29)30)16-18-10-14-20(15-11-18)31-23-7-4-3-6-21(23)26/h3-4,6-16H,2,5H2,1H3,(H,27,28)(H,29,30). The van der Waals surface area contributed by atoms with Crippen LogP contribution in [0.1, 0.15) is 34.8 Å². The predicted molar refractivity (Wildman–Crippen MR) is 124 cm³/mol. The van der Waals surface area contributed by atoms with Gasteiger partial charge in [0, 0.05) is 5.56 Å². The monoisotopic (exact) mass is 479 g/mol. The molecule has 3 aromatic rings. The van der Waals surface area contributed by atoms with Gasteiger partial charge < -0.3 is 15.2 Å². The van der Waals surface area contributed by atoms with Gasteiger partial charge in [0.25, 0.3) is 5.91 Å². The Morgan fingerprint density at radius 2 is 1.68 bits per heavy atom. The van der Waals surface area contributed by atoms with Crippen molar-refractivity contribution < 1.29 is 19.4 Å². The lowest BCUT2D eigenvalue weighted by atomic mass is 10.1. The molecule has 0 spiro atoms. The second-order valence-corrected chi connectivity index (χ2v) is 7.72. The summed E-state index contributed by atoms with van der Waals surface area (Å²) in [6.07, 6.45) is 3.36. The van der Waals surface area contributed by atoms with E-state index in [0.29, 0.717) is 22.6 Å². The van der Waals surface area contributed by atoms with Gasteiger partial charge in [0.05, 0.1) is 4.47 Å². The van der Waals surface area contributed by atoms with Crippen LogP contribution in [-0.2, 0) is 11.2 Å². The van der Waals surface area contributed by atoms with Crippen LogP contribution in [-0.4, -0.2) is 17.0 Å². The third kappa shape index (κ3) is 6.30. The van der Waals surface area contributed by atoms with Crippen molar-refractivity contribution in [2.45, 2.75) is 19.8 Å². The number of ether oxygens (including phenoxy) is 1. The highest BCUT2D eigenvalue weighted by molar-refractivity contribution is 9.10. The summed E-state index contributed by atoms with van der Waals surface area (Å²) < 4.78 is 6.64. The number of hydrogen-bond acceptors (Lipinski definition) is 3. The molecule has 0 saturated heterocycles. The molecule has 3 aromatic carbocycles. The summed E-state index contributed by atoms with van der Waals surface area (Å²) in [4.78, 5) is 24.1. The molecule has 31 heavy (non-hydrogen) atoms. The highest BCUT2D eigenvalue weighted by Crippen LogP contribution is 2.29. The lowest BCUT2D eigenvalue weighted by Crippen LogP contribution is -2.27. The van der Waals surface area contributed by atoms with Crippen LogP contribution >= 0.6 is 15.9 Å². The number of rotatable bonds is 8. The molecule has 0 heterocycles. The Morgan fingerprint density at radius 3 is 2.29 bits per heavy atom. The molecule has 0 saturated carbocycles. The summed E-state index contributed by atoms with van der Waals surface area (Å²) in [6.45, 7) is 2.09. The van der Waals surface area contributed by atoms with Crippen molar-refractivity contribution in [2.24, 2.45) is 0 Å². The van der Waals surface area contributed by atoms with Gasteiger partial charge in [-0.3, -0.25) is 4.79 Å². The minimum atomic E-state index is -1.22. The van der Waals surface area contributed by atoms with E-state index >= 15 is 0 Å². The highest BCUT2D eigenvalue weighted by atomic mass is 79.9. The molecule has 2 N–H and O–H groups in total. The quantitative estimate of drug-likeness (QED) is 0.385. The Balaban J connectivity index is 1.72. The van der Waals surface area contributed by atoms with E-state index in [-0.39, 0.29) is 5.70 Å². The van der Waals surface area contributed by atoms with E-state index in [1.165, 1.54) is 6.08 Å². The summed E-state index contributed by atoms with van der Waals surface area (Å²) in [5.74, 6) is -0.401. The summed E-state index contributed by atoms with van der Waals surface area (Å²) >= 11 is 3.43. The lowest BCUT2D eigenvalue weighted by molar-refractivity contribution is -0.132. The Hall–Kier alpha value is -3.38. The number of aryl methyl sites for hydroxylation is 1. The molecule has 0 atom stereocenters. The van der Waals surface area contributed by atoms with Crippen molar-refractivity contribution >= 4 is 33.9 Å². The van der Waals surface area contributed by atoms with E-state index in [9.17, 15) is 14.7 Å². The minimum Gasteiger partial charge on any atom is -0.477 e. The minimum absolute atomic E-state index is 0.206.